The Labute approximate surface area is 217 Å². The van der Waals surface area contributed by atoms with E-state index in [2.05, 4.69) is 5.32 Å². The van der Waals surface area contributed by atoms with Crippen molar-refractivity contribution in [3.8, 4) is 11.1 Å². The van der Waals surface area contributed by atoms with E-state index in [1.807, 2.05) is 31.1 Å². The summed E-state index contributed by atoms with van der Waals surface area (Å²) in [4.78, 5) is 44.7. The monoisotopic (exact) mass is 522 g/mol. The smallest absolute Gasteiger partial charge is 0.378 e. The second kappa shape index (κ2) is 9.51. The minimum Gasteiger partial charge on any atom is -0.378 e. The van der Waals surface area contributed by atoms with E-state index >= 15 is 0 Å². The van der Waals surface area contributed by atoms with Crippen LogP contribution in [0.25, 0.3) is 11.1 Å². The van der Waals surface area contributed by atoms with Crippen molar-refractivity contribution in [1.29, 1.82) is 0 Å². The molecule has 196 valence electrons. The molecule has 2 heterocycles. The topological polar surface area (TPSA) is 73.0 Å². The number of piperazine rings is 1. The maximum Gasteiger partial charge on any atom is 0.416 e. The Morgan fingerprint density at radius 2 is 1.66 bits per heavy atom. The van der Waals surface area contributed by atoms with Crippen molar-refractivity contribution >= 4 is 29.1 Å². The summed E-state index contributed by atoms with van der Waals surface area (Å²) in [5.74, 6) is -1.08. The van der Waals surface area contributed by atoms with Gasteiger partial charge in [-0.3, -0.25) is 14.4 Å². The van der Waals surface area contributed by atoms with Gasteiger partial charge >= 0.3 is 6.18 Å². The number of alkyl halides is 3. The molecule has 3 aromatic rings. The second-order valence-corrected chi connectivity index (χ2v) is 9.53. The van der Waals surface area contributed by atoms with Crippen LogP contribution in [-0.4, -0.2) is 67.3 Å². The van der Waals surface area contributed by atoms with Crippen molar-refractivity contribution < 1.29 is 27.6 Å². The molecule has 2 aliphatic rings. The Balaban J connectivity index is 1.39. The lowest BCUT2D eigenvalue weighted by atomic mass is 9.99. The molecule has 1 atom stereocenters. The van der Waals surface area contributed by atoms with Gasteiger partial charge in [0.15, 0.2) is 0 Å². The van der Waals surface area contributed by atoms with Crippen LogP contribution < -0.4 is 10.2 Å². The minimum atomic E-state index is -4.50. The summed E-state index contributed by atoms with van der Waals surface area (Å²) in [5.41, 5.74) is 1.84. The SMILES string of the molecule is CN(C)c1ccc(C(=O)N2CCN3C(=O)c4cc(-c5cccc(C(F)(F)F)c5)ccc4NC(=O)[C@H]3C2)cc1. The molecule has 0 spiro atoms. The summed E-state index contributed by atoms with van der Waals surface area (Å²) in [6.45, 7) is 0.415. The zero-order valence-corrected chi connectivity index (χ0v) is 20.7. The number of carbonyl (C=O) groups is 3. The summed E-state index contributed by atoms with van der Waals surface area (Å²) < 4.78 is 39.6. The van der Waals surface area contributed by atoms with E-state index in [1.54, 1.807) is 23.1 Å². The first-order valence-electron chi connectivity index (χ1n) is 12.0. The van der Waals surface area contributed by atoms with Gasteiger partial charge in [0, 0.05) is 38.4 Å². The van der Waals surface area contributed by atoms with Gasteiger partial charge in [-0.1, -0.05) is 18.2 Å². The Bertz CT molecular complexity index is 1420. The summed E-state index contributed by atoms with van der Waals surface area (Å²) in [6, 6.07) is 15.7. The largest absolute Gasteiger partial charge is 0.416 e. The average molecular weight is 523 g/mol. The van der Waals surface area contributed by atoms with Gasteiger partial charge < -0.3 is 20.0 Å². The van der Waals surface area contributed by atoms with Crippen LogP contribution in [0.4, 0.5) is 24.5 Å². The van der Waals surface area contributed by atoms with Gasteiger partial charge in [0.05, 0.1) is 23.4 Å². The third-order valence-corrected chi connectivity index (χ3v) is 6.89. The van der Waals surface area contributed by atoms with E-state index in [9.17, 15) is 27.6 Å². The van der Waals surface area contributed by atoms with Gasteiger partial charge in [-0.05, 0) is 59.7 Å². The van der Waals surface area contributed by atoms with E-state index in [0.29, 0.717) is 16.7 Å². The maximum absolute atomic E-state index is 13.5. The van der Waals surface area contributed by atoms with Crippen LogP contribution in [0.1, 0.15) is 26.3 Å². The van der Waals surface area contributed by atoms with Crippen LogP contribution in [0.2, 0.25) is 0 Å². The number of anilines is 2. The lowest BCUT2D eigenvalue weighted by Crippen LogP contribution is -2.59. The molecule has 0 saturated carbocycles. The number of hydrogen-bond donors (Lipinski definition) is 1. The third-order valence-electron chi connectivity index (χ3n) is 6.89. The van der Waals surface area contributed by atoms with Crippen LogP contribution in [-0.2, 0) is 11.0 Å². The highest BCUT2D eigenvalue weighted by molar-refractivity contribution is 6.11. The van der Waals surface area contributed by atoms with E-state index in [-0.39, 0.29) is 36.8 Å². The lowest BCUT2D eigenvalue weighted by molar-refractivity contribution is -0.137. The Hall–Kier alpha value is -4.34. The van der Waals surface area contributed by atoms with Crippen molar-refractivity contribution in [2.24, 2.45) is 0 Å². The molecule has 5 rings (SSSR count). The van der Waals surface area contributed by atoms with Crippen LogP contribution in [0.15, 0.2) is 66.7 Å². The van der Waals surface area contributed by atoms with Crippen molar-refractivity contribution in [1.82, 2.24) is 9.80 Å². The van der Waals surface area contributed by atoms with Gasteiger partial charge in [-0.15, -0.1) is 0 Å². The molecule has 3 amide bonds. The fraction of sp³-hybridized carbons (Fsp3) is 0.250. The van der Waals surface area contributed by atoms with E-state index < -0.39 is 29.6 Å². The fourth-order valence-corrected chi connectivity index (χ4v) is 4.78. The molecule has 10 heteroatoms. The summed E-state index contributed by atoms with van der Waals surface area (Å²) >= 11 is 0. The van der Waals surface area contributed by atoms with Crippen molar-refractivity contribution in [2.75, 3.05) is 43.9 Å². The molecule has 0 aliphatic carbocycles. The third kappa shape index (κ3) is 4.69. The molecular formula is C28H25F3N4O3. The minimum absolute atomic E-state index is 0.0281. The Morgan fingerprint density at radius 1 is 0.947 bits per heavy atom. The van der Waals surface area contributed by atoms with Gasteiger partial charge in [0.1, 0.15) is 6.04 Å². The predicted molar refractivity (Wildman–Crippen MR) is 137 cm³/mol. The number of halogens is 3. The first-order valence-corrected chi connectivity index (χ1v) is 12.0. The first-order chi connectivity index (χ1) is 18.0. The van der Waals surface area contributed by atoms with E-state index in [1.165, 1.54) is 29.2 Å². The zero-order chi connectivity index (χ0) is 27.2. The summed E-state index contributed by atoms with van der Waals surface area (Å²) in [5, 5.41) is 2.76. The summed E-state index contributed by atoms with van der Waals surface area (Å²) in [7, 11) is 3.80. The molecule has 7 nitrogen and oxygen atoms in total. The average Bonchev–Trinajstić information content (AvgIpc) is 3.01. The van der Waals surface area contributed by atoms with Gasteiger partial charge in [0.2, 0.25) is 5.91 Å². The number of carbonyl (C=O) groups excluding carboxylic acids is 3. The van der Waals surface area contributed by atoms with Crippen molar-refractivity contribution in [3.05, 3.63) is 83.4 Å². The lowest BCUT2D eigenvalue weighted by Gasteiger charge is -2.39. The van der Waals surface area contributed by atoms with Crippen LogP contribution in [0, 0.1) is 0 Å². The van der Waals surface area contributed by atoms with Crippen molar-refractivity contribution in [2.45, 2.75) is 12.2 Å². The molecule has 1 fully saturated rings. The molecule has 0 bridgehead atoms. The van der Waals surface area contributed by atoms with Crippen LogP contribution in [0.3, 0.4) is 0 Å². The van der Waals surface area contributed by atoms with Gasteiger partial charge in [-0.25, -0.2) is 0 Å². The number of benzene rings is 3. The quantitative estimate of drug-likeness (QED) is 0.555. The standard InChI is InChI=1S/C28H25F3N4O3/c1-33(2)21-9-6-17(7-10-21)26(37)34-12-13-35-24(16-34)25(36)32-23-11-8-19(15-22(23)27(35)38)18-4-3-5-20(14-18)28(29,30)31/h3-11,14-15,24H,12-13,16H2,1-2H3,(H,32,36)/t24-/m1/s1. The van der Waals surface area contributed by atoms with Crippen LogP contribution in [0.5, 0.6) is 0 Å². The highest BCUT2D eigenvalue weighted by Gasteiger charge is 2.40. The Morgan fingerprint density at radius 3 is 2.34 bits per heavy atom. The Kier molecular flexibility index (Phi) is 6.34. The zero-order valence-electron chi connectivity index (χ0n) is 20.7. The van der Waals surface area contributed by atoms with E-state index in [4.69, 9.17) is 0 Å². The number of rotatable bonds is 3. The first kappa shape index (κ1) is 25.3. The number of amides is 3. The molecular weight excluding hydrogens is 497 g/mol. The normalized spacial score (nSPS) is 17.3. The molecule has 0 radical (unpaired) electrons. The molecule has 1 saturated heterocycles. The molecule has 38 heavy (non-hydrogen) atoms. The highest BCUT2D eigenvalue weighted by Crippen LogP contribution is 2.34. The van der Waals surface area contributed by atoms with Gasteiger partial charge in [0.25, 0.3) is 11.8 Å². The molecule has 0 aromatic heterocycles. The molecule has 0 unspecified atom stereocenters. The number of fused-ring (bicyclic) bond motifs is 2. The van der Waals surface area contributed by atoms with E-state index in [0.717, 1.165) is 17.8 Å². The molecule has 3 aromatic carbocycles. The van der Waals surface area contributed by atoms with Crippen molar-refractivity contribution in [3.63, 3.8) is 0 Å². The summed E-state index contributed by atoms with van der Waals surface area (Å²) in [6.07, 6.45) is -4.50. The highest BCUT2D eigenvalue weighted by atomic mass is 19.4. The fourth-order valence-electron chi connectivity index (χ4n) is 4.78. The number of nitrogens with zero attached hydrogens (tertiary/aromatic N) is 3. The number of nitrogens with one attached hydrogen (secondary N) is 1. The van der Waals surface area contributed by atoms with Crippen LogP contribution >= 0.6 is 0 Å². The number of hydrogen-bond acceptors (Lipinski definition) is 4. The second-order valence-electron chi connectivity index (χ2n) is 9.53. The van der Waals surface area contributed by atoms with Gasteiger partial charge in [-0.2, -0.15) is 13.2 Å². The molecule has 1 N–H and O–H groups in total. The molecule has 2 aliphatic heterocycles. The predicted octanol–water partition coefficient (Wildman–Crippen LogP) is 4.36. The maximum atomic E-state index is 13.5.